The van der Waals surface area contributed by atoms with Crippen LogP contribution in [0.1, 0.15) is 71.8 Å². The Morgan fingerprint density at radius 1 is 1.05 bits per heavy atom. The van der Waals surface area contributed by atoms with E-state index in [2.05, 4.69) is 22.2 Å². The summed E-state index contributed by atoms with van der Waals surface area (Å²) in [4.78, 5) is 34.6. The zero-order chi connectivity index (χ0) is 31.6. The number of hydrogen-bond donors (Lipinski definition) is 1. The molecule has 0 aliphatic carbocycles. The topological polar surface area (TPSA) is 93.7 Å². The van der Waals surface area contributed by atoms with E-state index in [1.807, 2.05) is 0 Å². The lowest BCUT2D eigenvalue weighted by atomic mass is 10.1. The summed E-state index contributed by atoms with van der Waals surface area (Å²) in [5.74, 6) is -1.25. The second kappa shape index (κ2) is 15.1. The van der Waals surface area contributed by atoms with Crippen molar-refractivity contribution in [3.8, 4) is 17.0 Å². The van der Waals surface area contributed by atoms with E-state index in [0.717, 1.165) is 49.1 Å². The molecule has 0 fully saturated rings. The molecule has 1 N–H and O–H groups in total. The number of carbonyl (C=O) groups excluding carboxylic acids is 2. The number of nitrogens with one attached hydrogen (secondary N) is 1. The first kappa shape index (κ1) is 33.8. The number of alkyl carbamates (subject to hydrolysis) is 1. The van der Waals surface area contributed by atoms with E-state index in [0.29, 0.717) is 23.3 Å². The quantitative estimate of drug-likeness (QED) is 0.152. The van der Waals surface area contributed by atoms with Gasteiger partial charge in [0.2, 0.25) is 5.13 Å². The second-order valence-corrected chi connectivity index (χ2v) is 11.7. The third-order valence-corrected chi connectivity index (χ3v) is 6.84. The van der Waals surface area contributed by atoms with Crippen molar-refractivity contribution in [2.24, 2.45) is 0 Å². The monoisotopic (exact) mass is 624 g/mol. The maximum atomic E-state index is 15.0. The summed E-state index contributed by atoms with van der Waals surface area (Å²) in [6, 6.07) is 6.28. The molecule has 43 heavy (non-hydrogen) atoms. The molecule has 0 aliphatic heterocycles. The first-order valence-electron chi connectivity index (χ1n) is 14.0. The molecule has 8 nitrogen and oxygen atoms in total. The first-order valence-corrected chi connectivity index (χ1v) is 14.8. The van der Waals surface area contributed by atoms with Crippen molar-refractivity contribution >= 4 is 34.2 Å². The number of carbonyl (C=O) groups is 2. The highest BCUT2D eigenvalue weighted by atomic mass is 32.1. The number of ether oxygens (including phenoxy) is 2. The van der Waals surface area contributed by atoms with Gasteiger partial charge in [-0.2, -0.15) is 17.6 Å². The Morgan fingerprint density at radius 3 is 2.42 bits per heavy atom. The summed E-state index contributed by atoms with van der Waals surface area (Å²) in [5, 5.41) is 1.29. The summed E-state index contributed by atoms with van der Waals surface area (Å²) >= 11 is 0.470. The van der Waals surface area contributed by atoms with Crippen LogP contribution in [0.25, 0.3) is 11.3 Å². The molecule has 3 aromatic rings. The molecule has 0 unspecified atom stereocenters. The van der Waals surface area contributed by atoms with Gasteiger partial charge >= 0.3 is 12.3 Å². The SMILES string of the molecule is CCCCCCCCOc1ccc(N(C(=O)CNC(=O)OC(C)(C)C)c2nc(-c3cccnc3)c(F)s2)cc1C(F)(F)F. The molecule has 0 bridgehead atoms. The molecule has 0 saturated carbocycles. The zero-order valence-corrected chi connectivity index (χ0v) is 25.4. The summed E-state index contributed by atoms with van der Waals surface area (Å²) in [7, 11) is 0. The van der Waals surface area contributed by atoms with Gasteiger partial charge in [0.1, 0.15) is 23.6 Å². The number of amides is 2. The zero-order valence-electron chi connectivity index (χ0n) is 24.6. The minimum atomic E-state index is -4.81. The van der Waals surface area contributed by atoms with E-state index >= 15 is 4.39 Å². The van der Waals surface area contributed by atoms with E-state index in [4.69, 9.17) is 9.47 Å². The molecule has 234 valence electrons. The van der Waals surface area contributed by atoms with Crippen molar-refractivity contribution in [2.75, 3.05) is 18.1 Å². The minimum Gasteiger partial charge on any atom is -0.493 e. The summed E-state index contributed by atoms with van der Waals surface area (Å²) < 4.78 is 68.2. The van der Waals surface area contributed by atoms with Crippen LogP contribution in [-0.4, -0.2) is 40.7 Å². The van der Waals surface area contributed by atoms with E-state index < -0.39 is 41.0 Å². The summed E-state index contributed by atoms with van der Waals surface area (Å²) in [6.07, 6.45) is 2.80. The second-order valence-electron chi connectivity index (χ2n) is 10.7. The number of nitrogens with zero attached hydrogens (tertiary/aromatic N) is 3. The predicted octanol–water partition coefficient (Wildman–Crippen LogP) is 8.29. The van der Waals surface area contributed by atoms with Crippen molar-refractivity contribution in [3.05, 3.63) is 53.4 Å². The number of halogens is 4. The lowest BCUT2D eigenvalue weighted by molar-refractivity contribution is -0.139. The number of rotatable bonds is 13. The van der Waals surface area contributed by atoms with Gasteiger partial charge in [-0.05, 0) is 57.5 Å². The van der Waals surface area contributed by atoms with Crippen molar-refractivity contribution in [2.45, 2.75) is 78.0 Å². The largest absolute Gasteiger partial charge is 0.493 e. The fourth-order valence-electron chi connectivity index (χ4n) is 4.04. The standard InChI is InChI=1S/C30H36F4N4O4S/c1-5-6-7-8-9-10-16-41-23-14-13-21(17-22(23)30(32,33)34)38(24(39)19-36-28(40)42-29(2,3)4)27-37-25(26(31)43-27)20-12-11-15-35-18-20/h11-15,17-18H,5-10,16,19H2,1-4H3,(H,36,40). The molecule has 13 heteroatoms. The van der Waals surface area contributed by atoms with E-state index in [-0.39, 0.29) is 28.9 Å². The number of thiazole rings is 1. The molecule has 0 radical (unpaired) electrons. The number of unbranched alkanes of at least 4 members (excludes halogenated alkanes) is 5. The average Bonchev–Trinajstić information content (AvgIpc) is 3.31. The van der Waals surface area contributed by atoms with E-state index in [9.17, 15) is 22.8 Å². The van der Waals surface area contributed by atoms with Gasteiger partial charge in [-0.3, -0.25) is 14.7 Å². The molecule has 0 spiro atoms. The number of benzene rings is 1. The van der Waals surface area contributed by atoms with E-state index in [1.165, 1.54) is 18.5 Å². The van der Waals surface area contributed by atoms with Crippen LogP contribution in [0.4, 0.5) is 33.2 Å². The van der Waals surface area contributed by atoms with Gasteiger partial charge in [-0.15, -0.1) is 0 Å². The molecule has 2 heterocycles. The van der Waals surface area contributed by atoms with Gasteiger partial charge in [0.15, 0.2) is 5.13 Å². The predicted molar refractivity (Wildman–Crippen MR) is 157 cm³/mol. The molecule has 0 atom stereocenters. The van der Waals surface area contributed by atoms with Crippen LogP contribution in [0.3, 0.4) is 0 Å². The molecular formula is C30H36F4N4O4S. The Hall–Kier alpha value is -3.74. The summed E-state index contributed by atoms with van der Waals surface area (Å²) in [6.45, 7) is 6.44. The molecule has 1 aromatic carbocycles. The molecular weight excluding hydrogens is 588 g/mol. The third-order valence-electron chi connectivity index (χ3n) is 6.02. The molecule has 2 aromatic heterocycles. The van der Waals surface area contributed by atoms with Crippen molar-refractivity contribution in [1.29, 1.82) is 0 Å². The van der Waals surface area contributed by atoms with Crippen molar-refractivity contribution in [1.82, 2.24) is 15.3 Å². The highest BCUT2D eigenvalue weighted by Gasteiger charge is 2.36. The van der Waals surface area contributed by atoms with E-state index in [1.54, 1.807) is 32.9 Å². The number of hydrogen-bond acceptors (Lipinski definition) is 7. The molecule has 0 saturated heterocycles. The summed E-state index contributed by atoms with van der Waals surface area (Å²) in [5.41, 5.74) is -1.99. The van der Waals surface area contributed by atoms with Crippen LogP contribution in [0, 0.1) is 5.13 Å². The third kappa shape index (κ3) is 10.2. The fourth-order valence-corrected chi connectivity index (χ4v) is 4.89. The smallest absolute Gasteiger partial charge is 0.420 e. The molecule has 3 rings (SSSR count). The minimum absolute atomic E-state index is 0.100. The van der Waals surface area contributed by atoms with Gasteiger partial charge in [-0.25, -0.2) is 9.78 Å². The van der Waals surface area contributed by atoms with Gasteiger partial charge in [0.25, 0.3) is 5.91 Å². The Bertz CT molecular complexity index is 1360. The van der Waals surface area contributed by atoms with Gasteiger partial charge in [-0.1, -0.05) is 50.4 Å². The maximum absolute atomic E-state index is 15.0. The lowest BCUT2D eigenvalue weighted by Crippen LogP contribution is -2.40. The Kier molecular flexibility index (Phi) is 11.9. The number of alkyl halides is 3. The van der Waals surface area contributed by atoms with Crippen LogP contribution >= 0.6 is 11.3 Å². The lowest BCUT2D eigenvalue weighted by Gasteiger charge is -2.23. The van der Waals surface area contributed by atoms with Crippen LogP contribution < -0.4 is 15.0 Å². The number of anilines is 2. The highest BCUT2D eigenvalue weighted by Crippen LogP contribution is 2.41. The number of aromatic nitrogens is 2. The Morgan fingerprint density at radius 2 is 1.77 bits per heavy atom. The van der Waals surface area contributed by atoms with Crippen molar-refractivity contribution < 1.29 is 36.6 Å². The average molecular weight is 625 g/mol. The van der Waals surface area contributed by atoms with Gasteiger partial charge in [0, 0.05) is 18.0 Å². The fraction of sp³-hybridized carbons (Fsp3) is 0.467. The molecule has 2 amide bonds. The van der Waals surface area contributed by atoms with Crippen LogP contribution in [0.2, 0.25) is 0 Å². The Balaban J connectivity index is 1.93. The van der Waals surface area contributed by atoms with Crippen LogP contribution in [-0.2, 0) is 15.7 Å². The van der Waals surface area contributed by atoms with Crippen LogP contribution in [0.5, 0.6) is 5.75 Å². The van der Waals surface area contributed by atoms with Crippen molar-refractivity contribution in [3.63, 3.8) is 0 Å². The number of pyridine rings is 1. The maximum Gasteiger partial charge on any atom is 0.420 e. The first-order chi connectivity index (χ1) is 20.3. The van der Waals surface area contributed by atoms with Crippen LogP contribution in [0.15, 0.2) is 42.7 Å². The molecule has 0 aliphatic rings. The Labute approximate surface area is 252 Å². The normalized spacial score (nSPS) is 11.7. The van der Waals surface area contributed by atoms with Gasteiger partial charge in [0.05, 0.1) is 17.9 Å². The highest BCUT2D eigenvalue weighted by molar-refractivity contribution is 7.14. The van der Waals surface area contributed by atoms with Gasteiger partial charge < -0.3 is 14.8 Å².